The van der Waals surface area contributed by atoms with Gasteiger partial charge in [-0.1, -0.05) is 133 Å². The molecule has 0 unspecified atom stereocenters. The second-order valence-electron chi connectivity index (χ2n) is 20.2. The highest BCUT2D eigenvalue weighted by Gasteiger charge is 2.47. The molecular formula is C56H53BN2S. The van der Waals surface area contributed by atoms with Gasteiger partial charge in [0.25, 0.3) is 6.71 Å². The molecule has 11 rings (SSSR count). The molecule has 0 fully saturated rings. The maximum absolute atomic E-state index is 2.67. The van der Waals surface area contributed by atoms with Crippen molar-refractivity contribution in [2.75, 3.05) is 9.80 Å². The van der Waals surface area contributed by atoms with Gasteiger partial charge >= 0.3 is 0 Å². The van der Waals surface area contributed by atoms with Gasteiger partial charge in [-0.15, -0.1) is 11.3 Å². The van der Waals surface area contributed by atoms with Crippen molar-refractivity contribution >= 4 is 88.7 Å². The molecule has 1 aliphatic carbocycles. The van der Waals surface area contributed by atoms with Crippen LogP contribution in [0, 0.1) is 13.8 Å². The topological polar surface area (TPSA) is 6.48 Å². The molecule has 1 aromatic heterocycles. The number of rotatable bonds is 3. The van der Waals surface area contributed by atoms with E-state index in [1.54, 1.807) is 0 Å². The van der Waals surface area contributed by atoms with Gasteiger partial charge in [-0.2, -0.15) is 0 Å². The lowest BCUT2D eigenvalue weighted by atomic mass is 9.33. The fourth-order valence-corrected chi connectivity index (χ4v) is 11.9. The Labute approximate surface area is 360 Å². The van der Waals surface area contributed by atoms with Crippen LogP contribution in [0.15, 0.2) is 133 Å². The smallest absolute Gasteiger partial charge is 0.252 e. The maximum Gasteiger partial charge on any atom is 0.252 e. The minimum absolute atomic E-state index is 0.0137. The molecule has 3 aliphatic rings. The van der Waals surface area contributed by atoms with Crippen LogP contribution in [-0.2, 0) is 16.2 Å². The minimum Gasteiger partial charge on any atom is -0.311 e. The van der Waals surface area contributed by atoms with E-state index in [0.29, 0.717) is 0 Å². The zero-order valence-corrected chi connectivity index (χ0v) is 37.3. The summed E-state index contributed by atoms with van der Waals surface area (Å²) in [6, 6.07) is 51.5. The average Bonchev–Trinajstić information content (AvgIpc) is 3.61. The molecule has 0 amide bonds. The molecule has 8 aromatic rings. The van der Waals surface area contributed by atoms with Crippen LogP contribution < -0.4 is 26.2 Å². The first-order chi connectivity index (χ1) is 28.7. The van der Waals surface area contributed by atoms with Crippen molar-refractivity contribution in [1.29, 1.82) is 0 Å². The van der Waals surface area contributed by atoms with Crippen LogP contribution in [0.4, 0.5) is 34.1 Å². The van der Waals surface area contributed by atoms with Crippen molar-refractivity contribution in [1.82, 2.24) is 0 Å². The highest BCUT2D eigenvalue weighted by atomic mass is 32.1. The molecule has 4 heteroatoms. The van der Waals surface area contributed by atoms with E-state index < -0.39 is 0 Å². The van der Waals surface area contributed by atoms with Crippen molar-refractivity contribution in [3.63, 3.8) is 0 Å². The first kappa shape index (κ1) is 37.4. The molecule has 296 valence electrons. The standard InChI is InChI=1S/C56H53BN2S/c1-34-28-48-53-49(29-34)59(46-30-37(23-22-35(46)2)36-16-11-10-12-17-36)47-33-41-40(55(6,7)26-27-56(41,8)9)32-43(47)57(53)42-31-38(54(3,4)5)24-25-44(42)58(48)45-19-15-21-51-52(45)39-18-13-14-20-50(39)60-51/h10-25,28-33H,26-27H2,1-9H3. The molecule has 0 saturated heterocycles. The van der Waals surface area contributed by atoms with Gasteiger partial charge in [0.2, 0.25) is 0 Å². The molecule has 2 aliphatic heterocycles. The van der Waals surface area contributed by atoms with E-state index in [0.717, 1.165) is 0 Å². The Morgan fingerprint density at radius 2 is 1.18 bits per heavy atom. The van der Waals surface area contributed by atoms with Crippen molar-refractivity contribution < 1.29 is 0 Å². The maximum atomic E-state index is 2.67. The zero-order chi connectivity index (χ0) is 41.5. The summed E-state index contributed by atoms with van der Waals surface area (Å²) in [4.78, 5) is 5.29. The first-order valence-electron chi connectivity index (χ1n) is 21.8. The van der Waals surface area contributed by atoms with Gasteiger partial charge in [-0.05, 0) is 147 Å². The first-order valence-corrected chi connectivity index (χ1v) is 22.7. The largest absolute Gasteiger partial charge is 0.311 e. The van der Waals surface area contributed by atoms with Crippen molar-refractivity contribution in [2.24, 2.45) is 0 Å². The van der Waals surface area contributed by atoms with E-state index in [1.165, 1.54) is 122 Å². The average molecular weight is 797 g/mol. The number of hydrogen-bond acceptors (Lipinski definition) is 3. The number of hydrogen-bond donors (Lipinski definition) is 0. The molecule has 60 heavy (non-hydrogen) atoms. The minimum atomic E-state index is -0.0137. The van der Waals surface area contributed by atoms with Gasteiger partial charge in [0, 0.05) is 48.6 Å². The molecule has 0 bridgehead atoms. The second kappa shape index (κ2) is 13.0. The van der Waals surface area contributed by atoms with E-state index >= 15 is 0 Å². The van der Waals surface area contributed by atoms with E-state index in [1.807, 2.05) is 11.3 Å². The lowest BCUT2D eigenvalue weighted by Crippen LogP contribution is -2.62. The van der Waals surface area contributed by atoms with E-state index in [-0.39, 0.29) is 23.0 Å². The van der Waals surface area contributed by atoms with Gasteiger partial charge in [0.1, 0.15) is 0 Å². The molecule has 3 heterocycles. The summed E-state index contributed by atoms with van der Waals surface area (Å²) in [7, 11) is 0. The molecule has 2 nitrogen and oxygen atoms in total. The Kier molecular flexibility index (Phi) is 8.09. The van der Waals surface area contributed by atoms with Crippen molar-refractivity contribution in [2.45, 2.75) is 91.4 Å². The highest BCUT2D eigenvalue weighted by Crippen LogP contribution is 2.52. The lowest BCUT2D eigenvalue weighted by molar-refractivity contribution is 0.332. The summed E-state index contributed by atoms with van der Waals surface area (Å²) >= 11 is 1.90. The SMILES string of the molecule is Cc1cc2c3c(c1)N(c1cccc4sc5ccccc5c14)c1ccc(C(C)(C)C)cc1B3c1cc3c(cc1N2c1cc(-c2ccccc2)ccc1C)C(C)(C)CCC3(C)C. The third-order valence-electron chi connectivity index (χ3n) is 14.2. The van der Waals surface area contributed by atoms with Crippen LogP contribution in [-0.4, -0.2) is 6.71 Å². The van der Waals surface area contributed by atoms with Crippen LogP contribution in [0.25, 0.3) is 31.3 Å². The number of anilines is 6. The number of aryl methyl sites for hydroxylation is 2. The number of fused-ring (bicyclic) bond motifs is 8. The monoisotopic (exact) mass is 796 g/mol. The molecule has 0 saturated carbocycles. The fraction of sp³-hybridized carbons (Fsp3) is 0.250. The third-order valence-corrected chi connectivity index (χ3v) is 15.4. The summed E-state index contributed by atoms with van der Waals surface area (Å²) in [6.45, 7) is 21.6. The van der Waals surface area contributed by atoms with Gasteiger partial charge < -0.3 is 9.80 Å². The predicted molar refractivity (Wildman–Crippen MR) is 262 cm³/mol. The van der Waals surface area contributed by atoms with Crippen LogP contribution in [0.5, 0.6) is 0 Å². The van der Waals surface area contributed by atoms with Crippen LogP contribution in [0.3, 0.4) is 0 Å². The van der Waals surface area contributed by atoms with Crippen molar-refractivity contribution in [3.05, 3.63) is 161 Å². The molecule has 0 spiro atoms. The number of nitrogens with zero attached hydrogens (tertiary/aromatic N) is 2. The molecular weight excluding hydrogens is 744 g/mol. The van der Waals surface area contributed by atoms with Gasteiger partial charge in [-0.25, -0.2) is 0 Å². The summed E-state index contributed by atoms with van der Waals surface area (Å²) in [5.74, 6) is 0. The fourth-order valence-electron chi connectivity index (χ4n) is 10.8. The molecule has 7 aromatic carbocycles. The predicted octanol–water partition coefficient (Wildman–Crippen LogP) is 14.1. The van der Waals surface area contributed by atoms with Crippen LogP contribution in [0.2, 0.25) is 0 Å². The Morgan fingerprint density at radius 1 is 0.533 bits per heavy atom. The zero-order valence-electron chi connectivity index (χ0n) is 36.5. The van der Waals surface area contributed by atoms with Gasteiger partial charge in [-0.3, -0.25) is 0 Å². The molecule has 0 N–H and O–H groups in total. The highest BCUT2D eigenvalue weighted by molar-refractivity contribution is 7.26. The lowest BCUT2D eigenvalue weighted by Gasteiger charge is -2.48. The Balaban J connectivity index is 1.28. The summed E-state index contributed by atoms with van der Waals surface area (Å²) in [6.07, 6.45) is 2.35. The Hall–Kier alpha value is -5.58. The van der Waals surface area contributed by atoms with E-state index in [9.17, 15) is 0 Å². The van der Waals surface area contributed by atoms with E-state index in [2.05, 4.69) is 206 Å². The van der Waals surface area contributed by atoms with Gasteiger partial charge in [0.15, 0.2) is 0 Å². The van der Waals surface area contributed by atoms with Crippen LogP contribution in [0.1, 0.15) is 89.1 Å². The summed E-state index contributed by atoms with van der Waals surface area (Å²) < 4.78 is 2.65. The Morgan fingerprint density at radius 3 is 1.92 bits per heavy atom. The molecule has 0 radical (unpaired) electrons. The third kappa shape index (κ3) is 5.52. The Bertz CT molecular complexity index is 3070. The number of benzene rings is 7. The quantitative estimate of drug-likeness (QED) is 0.164. The van der Waals surface area contributed by atoms with Crippen LogP contribution >= 0.6 is 11.3 Å². The summed E-state index contributed by atoms with van der Waals surface area (Å²) in [5, 5.41) is 2.65. The van der Waals surface area contributed by atoms with E-state index in [4.69, 9.17) is 0 Å². The summed E-state index contributed by atoms with van der Waals surface area (Å²) in [5.41, 5.74) is 21.3. The molecule has 0 atom stereocenters. The second-order valence-corrected chi connectivity index (χ2v) is 21.3. The number of thiophene rings is 1. The van der Waals surface area contributed by atoms with Crippen molar-refractivity contribution in [3.8, 4) is 11.1 Å². The normalized spacial score (nSPS) is 16.1. The van der Waals surface area contributed by atoms with Gasteiger partial charge in [0.05, 0.1) is 5.69 Å².